The number of hydrogen-bond acceptors (Lipinski definition) is 9. The molecule has 0 aliphatic heterocycles. The highest BCUT2D eigenvalue weighted by Gasteiger charge is 2.18. The zero-order valence-corrected chi connectivity index (χ0v) is 22.1. The standard InChI is InChI=1S/C30H29N7O3/c1-37(16-13-31)26-12-14-33-18-24(26)17-27(38)28-29(32)35-19-25(36-28)23-9-7-21(8-10-23)11-15-34-30(39)40-20-22-5-3-2-4-6-22/h2-10,12,14,18-19H,11,15-17,20H2,1H3,(H2,32,35)(H,34,39). The van der Waals surface area contributed by atoms with E-state index in [0.29, 0.717) is 24.2 Å². The van der Waals surface area contributed by atoms with Gasteiger partial charge >= 0.3 is 6.09 Å². The second-order valence-corrected chi connectivity index (χ2v) is 9.04. The summed E-state index contributed by atoms with van der Waals surface area (Å²) in [4.78, 5) is 39.7. The van der Waals surface area contributed by atoms with Crippen LogP contribution in [0.25, 0.3) is 11.3 Å². The molecule has 0 aliphatic rings. The molecule has 10 nitrogen and oxygen atoms in total. The molecule has 2 aromatic heterocycles. The van der Waals surface area contributed by atoms with Gasteiger partial charge in [0.2, 0.25) is 0 Å². The van der Waals surface area contributed by atoms with E-state index in [1.807, 2.05) is 54.6 Å². The van der Waals surface area contributed by atoms with E-state index in [9.17, 15) is 9.59 Å². The summed E-state index contributed by atoms with van der Waals surface area (Å²) in [7, 11) is 1.78. The minimum Gasteiger partial charge on any atom is -0.445 e. The van der Waals surface area contributed by atoms with Crippen molar-refractivity contribution in [2.24, 2.45) is 0 Å². The molecular formula is C30H29N7O3. The van der Waals surface area contributed by atoms with E-state index in [2.05, 4.69) is 26.3 Å². The number of carbonyl (C=O) groups is 2. The number of pyridine rings is 1. The number of benzene rings is 2. The largest absolute Gasteiger partial charge is 0.445 e. The fourth-order valence-corrected chi connectivity index (χ4v) is 4.04. The number of amides is 1. The summed E-state index contributed by atoms with van der Waals surface area (Å²) in [5.74, 6) is -0.250. The first-order chi connectivity index (χ1) is 19.4. The van der Waals surface area contributed by atoms with Gasteiger partial charge in [-0.1, -0.05) is 54.6 Å². The maximum Gasteiger partial charge on any atom is 0.407 e. The summed E-state index contributed by atoms with van der Waals surface area (Å²) in [5.41, 5.74) is 10.7. The van der Waals surface area contributed by atoms with E-state index < -0.39 is 6.09 Å². The average Bonchev–Trinajstić information content (AvgIpc) is 2.97. The number of ketones is 1. The summed E-state index contributed by atoms with van der Waals surface area (Å²) in [6, 6.07) is 21.0. The number of carbonyl (C=O) groups excluding carboxylic acids is 2. The number of nitriles is 1. The molecule has 0 saturated carbocycles. The Hall–Kier alpha value is -5.30. The maximum atomic E-state index is 13.2. The van der Waals surface area contributed by atoms with E-state index in [1.54, 1.807) is 30.4 Å². The molecular weight excluding hydrogens is 506 g/mol. The lowest BCUT2D eigenvalue weighted by Crippen LogP contribution is -2.26. The fraction of sp³-hybridized carbons (Fsp3) is 0.200. The fourth-order valence-electron chi connectivity index (χ4n) is 4.04. The number of rotatable bonds is 11. The second-order valence-electron chi connectivity index (χ2n) is 9.04. The van der Waals surface area contributed by atoms with Gasteiger partial charge in [0.1, 0.15) is 18.8 Å². The van der Waals surface area contributed by atoms with Gasteiger partial charge in [0.15, 0.2) is 11.6 Å². The topological polar surface area (TPSA) is 147 Å². The number of nitrogens with one attached hydrogen (secondary N) is 1. The lowest BCUT2D eigenvalue weighted by Gasteiger charge is -2.18. The quantitative estimate of drug-likeness (QED) is 0.215. The third-order valence-corrected chi connectivity index (χ3v) is 6.16. The summed E-state index contributed by atoms with van der Waals surface area (Å²) in [5, 5.41) is 11.8. The van der Waals surface area contributed by atoms with E-state index in [0.717, 1.165) is 22.4 Å². The molecule has 0 bridgehead atoms. The van der Waals surface area contributed by atoms with Crippen molar-refractivity contribution in [1.82, 2.24) is 20.3 Å². The molecule has 40 heavy (non-hydrogen) atoms. The third kappa shape index (κ3) is 7.39. The number of nitrogens with two attached hydrogens (primary N) is 1. The van der Waals surface area contributed by atoms with Gasteiger partial charge in [-0.05, 0) is 23.6 Å². The van der Waals surface area contributed by atoms with E-state index in [1.165, 1.54) is 6.20 Å². The molecule has 0 radical (unpaired) electrons. The van der Waals surface area contributed by atoms with Crippen LogP contribution in [0.1, 0.15) is 27.2 Å². The summed E-state index contributed by atoms with van der Waals surface area (Å²) in [6.07, 6.45) is 4.91. The zero-order chi connectivity index (χ0) is 28.3. The van der Waals surface area contributed by atoms with Crippen molar-refractivity contribution >= 4 is 23.4 Å². The van der Waals surface area contributed by atoms with Gasteiger partial charge in [-0.2, -0.15) is 5.26 Å². The van der Waals surface area contributed by atoms with Crippen molar-refractivity contribution in [2.75, 3.05) is 30.8 Å². The van der Waals surface area contributed by atoms with Gasteiger partial charge in [-0.15, -0.1) is 0 Å². The van der Waals surface area contributed by atoms with Crippen LogP contribution in [-0.4, -0.2) is 47.0 Å². The van der Waals surface area contributed by atoms with E-state index in [-0.39, 0.29) is 36.9 Å². The predicted molar refractivity (Wildman–Crippen MR) is 151 cm³/mol. The highest BCUT2D eigenvalue weighted by molar-refractivity contribution is 6.00. The number of nitrogen functional groups attached to an aromatic ring is 1. The smallest absolute Gasteiger partial charge is 0.407 e. The second kappa shape index (κ2) is 13.5. The molecule has 0 unspecified atom stereocenters. The molecule has 1 amide bonds. The molecule has 0 spiro atoms. The summed E-state index contributed by atoms with van der Waals surface area (Å²) >= 11 is 0. The van der Waals surface area contributed by atoms with Crippen molar-refractivity contribution in [1.29, 1.82) is 5.26 Å². The normalized spacial score (nSPS) is 10.4. The Labute approximate surface area is 232 Å². The molecule has 3 N–H and O–H groups in total. The van der Waals surface area contributed by atoms with Gasteiger partial charge in [0.05, 0.1) is 18.0 Å². The highest BCUT2D eigenvalue weighted by Crippen LogP contribution is 2.23. The van der Waals surface area contributed by atoms with Crippen LogP contribution < -0.4 is 16.0 Å². The van der Waals surface area contributed by atoms with Crippen molar-refractivity contribution < 1.29 is 14.3 Å². The van der Waals surface area contributed by atoms with Crippen molar-refractivity contribution in [3.05, 3.63) is 102 Å². The zero-order valence-electron chi connectivity index (χ0n) is 22.1. The molecule has 10 heteroatoms. The van der Waals surface area contributed by atoms with Crippen LogP contribution in [-0.2, 0) is 24.2 Å². The third-order valence-electron chi connectivity index (χ3n) is 6.16. The van der Waals surface area contributed by atoms with Crippen LogP contribution in [0, 0.1) is 11.3 Å². The lowest BCUT2D eigenvalue weighted by molar-refractivity contribution is 0.0988. The Morgan fingerprint density at radius 3 is 2.58 bits per heavy atom. The van der Waals surface area contributed by atoms with Crippen LogP contribution in [0.2, 0.25) is 0 Å². The van der Waals surface area contributed by atoms with Gasteiger partial charge in [-0.3, -0.25) is 9.78 Å². The van der Waals surface area contributed by atoms with Gasteiger partial charge in [0.25, 0.3) is 0 Å². The minimum absolute atomic E-state index is 0.0149. The number of nitrogens with zero attached hydrogens (tertiary/aromatic N) is 5. The van der Waals surface area contributed by atoms with Crippen LogP contribution in [0.4, 0.5) is 16.3 Å². The Morgan fingerprint density at radius 2 is 1.82 bits per heavy atom. The Balaban J connectivity index is 1.36. The molecule has 4 rings (SSSR count). The molecule has 202 valence electrons. The number of Topliss-reactive ketones (excluding diaryl/α,β-unsaturated/α-hetero) is 1. The lowest BCUT2D eigenvalue weighted by atomic mass is 10.0. The molecule has 0 saturated heterocycles. The SMILES string of the molecule is CN(CC#N)c1ccncc1CC(=O)c1nc(-c2ccc(CCNC(=O)OCc3ccccc3)cc2)cnc1N. The molecule has 2 aromatic carbocycles. The Morgan fingerprint density at radius 1 is 1.05 bits per heavy atom. The highest BCUT2D eigenvalue weighted by atomic mass is 16.5. The van der Waals surface area contributed by atoms with Crippen molar-refractivity contribution in [3.63, 3.8) is 0 Å². The first-order valence-corrected chi connectivity index (χ1v) is 12.6. The Bertz CT molecular complexity index is 1500. The van der Waals surface area contributed by atoms with Crippen LogP contribution >= 0.6 is 0 Å². The molecule has 0 atom stereocenters. The van der Waals surface area contributed by atoms with Gasteiger partial charge in [-0.25, -0.2) is 14.8 Å². The van der Waals surface area contributed by atoms with Gasteiger partial charge < -0.3 is 20.7 Å². The van der Waals surface area contributed by atoms with Crippen molar-refractivity contribution in [2.45, 2.75) is 19.4 Å². The van der Waals surface area contributed by atoms with E-state index >= 15 is 0 Å². The number of anilines is 2. The van der Waals surface area contributed by atoms with Crippen molar-refractivity contribution in [3.8, 4) is 17.3 Å². The number of aromatic nitrogens is 3. The first kappa shape index (κ1) is 27.7. The molecule has 2 heterocycles. The molecule has 0 aliphatic carbocycles. The minimum atomic E-state index is -0.468. The average molecular weight is 536 g/mol. The number of ether oxygens (including phenoxy) is 1. The van der Waals surface area contributed by atoms with Gasteiger partial charge in [0, 0.05) is 49.2 Å². The summed E-state index contributed by atoms with van der Waals surface area (Å²) in [6.45, 7) is 0.816. The van der Waals surface area contributed by atoms with Crippen LogP contribution in [0.3, 0.4) is 0 Å². The van der Waals surface area contributed by atoms with Crippen LogP contribution in [0.5, 0.6) is 0 Å². The first-order valence-electron chi connectivity index (χ1n) is 12.6. The number of alkyl carbamates (subject to hydrolysis) is 1. The maximum absolute atomic E-state index is 13.2. The predicted octanol–water partition coefficient (Wildman–Crippen LogP) is 3.97. The molecule has 4 aromatic rings. The number of hydrogen-bond donors (Lipinski definition) is 2. The van der Waals surface area contributed by atoms with E-state index in [4.69, 9.17) is 15.7 Å². The van der Waals surface area contributed by atoms with Crippen LogP contribution in [0.15, 0.2) is 79.3 Å². The Kier molecular flexibility index (Phi) is 9.35. The molecule has 0 fully saturated rings. The monoisotopic (exact) mass is 535 g/mol. The summed E-state index contributed by atoms with van der Waals surface area (Å²) < 4.78 is 5.23.